The molecular weight excluding hydrogens is 314 g/mol. The summed E-state index contributed by atoms with van der Waals surface area (Å²) in [6.07, 6.45) is 5.39. The van der Waals surface area contributed by atoms with E-state index in [2.05, 4.69) is 25.1 Å². The van der Waals surface area contributed by atoms with E-state index in [1.165, 1.54) is 11.1 Å². The number of rotatable bonds is 3. The zero-order valence-corrected chi connectivity index (χ0v) is 14.7. The van der Waals surface area contributed by atoms with E-state index in [4.69, 9.17) is 4.74 Å². The van der Waals surface area contributed by atoms with E-state index in [0.717, 1.165) is 32.1 Å². The Morgan fingerprint density at radius 3 is 2.72 bits per heavy atom. The molecule has 1 saturated carbocycles. The van der Waals surface area contributed by atoms with Crippen molar-refractivity contribution in [3.05, 3.63) is 41.3 Å². The molecule has 2 aliphatic heterocycles. The van der Waals surface area contributed by atoms with Crippen molar-refractivity contribution in [1.82, 2.24) is 4.90 Å². The van der Waals surface area contributed by atoms with Gasteiger partial charge in [0, 0.05) is 18.9 Å². The highest BCUT2D eigenvalue weighted by Gasteiger charge is 2.44. The van der Waals surface area contributed by atoms with Crippen LogP contribution >= 0.6 is 0 Å². The highest BCUT2D eigenvalue weighted by atomic mass is 16.5. The molecule has 2 unspecified atom stereocenters. The Morgan fingerprint density at radius 1 is 1.20 bits per heavy atom. The van der Waals surface area contributed by atoms with Crippen LogP contribution in [0.25, 0.3) is 0 Å². The molecule has 4 heteroatoms. The van der Waals surface area contributed by atoms with Crippen LogP contribution in [0.1, 0.15) is 50.2 Å². The van der Waals surface area contributed by atoms with Gasteiger partial charge in [-0.25, -0.2) is 4.79 Å². The van der Waals surface area contributed by atoms with Crippen molar-refractivity contribution >= 4 is 11.7 Å². The van der Waals surface area contributed by atoms with Crippen molar-refractivity contribution in [1.29, 1.82) is 0 Å². The summed E-state index contributed by atoms with van der Waals surface area (Å²) in [7, 11) is 0. The average Bonchev–Trinajstić information content (AvgIpc) is 2.98. The molecular formula is C21H25NO3. The van der Waals surface area contributed by atoms with Crippen molar-refractivity contribution in [2.24, 2.45) is 11.8 Å². The fraction of sp³-hybridized carbons (Fsp3) is 0.571. The third-order valence-corrected chi connectivity index (χ3v) is 6.29. The second kappa shape index (κ2) is 6.68. The van der Waals surface area contributed by atoms with E-state index >= 15 is 0 Å². The SMILES string of the molecule is CCC1CCC(C[C@H]2OC(=C=O)N3Cc4ccccc4C[C@@H]23)C(=O)C1. The molecule has 4 rings (SSSR count). The van der Waals surface area contributed by atoms with Gasteiger partial charge in [0.2, 0.25) is 0 Å². The highest BCUT2D eigenvalue weighted by molar-refractivity contribution is 5.82. The predicted octanol–water partition coefficient (Wildman–Crippen LogP) is 3.27. The normalized spacial score (nSPS) is 31.2. The Labute approximate surface area is 148 Å². The molecule has 25 heavy (non-hydrogen) atoms. The van der Waals surface area contributed by atoms with E-state index < -0.39 is 0 Å². The first-order valence-electron chi connectivity index (χ1n) is 9.47. The van der Waals surface area contributed by atoms with Crippen LogP contribution in [0.4, 0.5) is 0 Å². The molecule has 0 amide bonds. The summed E-state index contributed by atoms with van der Waals surface area (Å²) in [5, 5.41) is 0. The summed E-state index contributed by atoms with van der Waals surface area (Å²) in [4.78, 5) is 25.9. The fourth-order valence-electron chi connectivity index (χ4n) is 4.71. The minimum absolute atomic E-state index is 0.0813. The van der Waals surface area contributed by atoms with Crippen LogP contribution in [0.3, 0.4) is 0 Å². The highest BCUT2D eigenvalue weighted by Crippen LogP contribution is 2.39. The maximum Gasteiger partial charge on any atom is 0.279 e. The first-order valence-corrected chi connectivity index (χ1v) is 9.47. The topological polar surface area (TPSA) is 46.6 Å². The summed E-state index contributed by atoms with van der Waals surface area (Å²) in [6.45, 7) is 2.86. The van der Waals surface area contributed by atoms with Crippen LogP contribution in [0.15, 0.2) is 30.1 Å². The first kappa shape index (κ1) is 16.4. The number of ether oxygens (including phenoxy) is 1. The van der Waals surface area contributed by atoms with E-state index in [1.54, 1.807) is 0 Å². The molecule has 2 heterocycles. The Morgan fingerprint density at radius 2 is 2.00 bits per heavy atom. The number of benzene rings is 1. The maximum atomic E-state index is 12.5. The zero-order valence-electron chi connectivity index (χ0n) is 14.7. The van der Waals surface area contributed by atoms with Crippen LogP contribution in [0, 0.1) is 11.8 Å². The largest absolute Gasteiger partial charge is 0.465 e. The van der Waals surface area contributed by atoms with Crippen molar-refractivity contribution in [3.8, 4) is 0 Å². The molecule has 3 aliphatic rings. The summed E-state index contributed by atoms with van der Waals surface area (Å²) < 4.78 is 5.96. The molecule has 1 aliphatic carbocycles. The van der Waals surface area contributed by atoms with Gasteiger partial charge in [0.05, 0.1) is 6.04 Å². The van der Waals surface area contributed by atoms with Gasteiger partial charge in [0.25, 0.3) is 5.88 Å². The lowest BCUT2D eigenvalue weighted by molar-refractivity contribution is -0.127. The van der Waals surface area contributed by atoms with Gasteiger partial charge in [-0.15, -0.1) is 0 Å². The van der Waals surface area contributed by atoms with Crippen LogP contribution in [-0.4, -0.2) is 28.8 Å². The lowest BCUT2D eigenvalue weighted by Gasteiger charge is -2.33. The molecule has 1 saturated heterocycles. The lowest BCUT2D eigenvalue weighted by atomic mass is 9.76. The van der Waals surface area contributed by atoms with Crippen molar-refractivity contribution in [2.45, 2.75) is 64.1 Å². The molecule has 4 atom stereocenters. The van der Waals surface area contributed by atoms with Crippen LogP contribution < -0.4 is 0 Å². The number of nitrogens with zero attached hydrogens (tertiary/aromatic N) is 1. The molecule has 132 valence electrons. The van der Waals surface area contributed by atoms with Crippen molar-refractivity contribution in [2.75, 3.05) is 0 Å². The van der Waals surface area contributed by atoms with E-state index in [9.17, 15) is 9.59 Å². The first-order chi connectivity index (χ1) is 12.2. The Kier molecular flexibility index (Phi) is 4.39. The standard InChI is InChI=1S/C21H25NO3/c1-2-14-7-8-16(19(24)9-14)11-20-18-10-15-5-3-4-6-17(15)12-22(18)21(13-23)25-20/h3-6,14,16,18,20H,2,7-12H2,1H3/t14?,16?,18-,20+/m0/s1. The van der Waals surface area contributed by atoms with Gasteiger partial charge >= 0.3 is 0 Å². The zero-order chi connectivity index (χ0) is 17.4. The van der Waals surface area contributed by atoms with Gasteiger partial charge < -0.3 is 9.64 Å². The molecule has 1 aromatic rings. The predicted molar refractivity (Wildman–Crippen MR) is 94.3 cm³/mol. The van der Waals surface area contributed by atoms with E-state index in [-0.39, 0.29) is 18.1 Å². The number of carbonyl (C=O) groups is 1. The molecule has 1 aromatic carbocycles. The minimum Gasteiger partial charge on any atom is -0.465 e. The number of hydrogen-bond donors (Lipinski definition) is 0. The van der Waals surface area contributed by atoms with Gasteiger partial charge in [-0.2, -0.15) is 0 Å². The van der Waals surface area contributed by atoms with Gasteiger partial charge in [0.1, 0.15) is 11.9 Å². The molecule has 0 N–H and O–H groups in total. The molecule has 2 fully saturated rings. The Balaban J connectivity index is 1.51. The van der Waals surface area contributed by atoms with Crippen LogP contribution in [0.2, 0.25) is 0 Å². The van der Waals surface area contributed by atoms with Crippen LogP contribution in [-0.2, 0) is 27.3 Å². The van der Waals surface area contributed by atoms with Gasteiger partial charge in [0.15, 0.2) is 5.94 Å². The average molecular weight is 339 g/mol. The fourth-order valence-corrected chi connectivity index (χ4v) is 4.71. The van der Waals surface area contributed by atoms with Crippen LogP contribution in [0.5, 0.6) is 0 Å². The van der Waals surface area contributed by atoms with Gasteiger partial charge in [-0.05, 0) is 42.7 Å². The van der Waals surface area contributed by atoms with Gasteiger partial charge in [-0.1, -0.05) is 37.6 Å². The number of ketones is 1. The molecule has 0 spiro atoms. The Bertz CT molecular complexity index is 722. The summed E-state index contributed by atoms with van der Waals surface area (Å²) >= 11 is 0. The third kappa shape index (κ3) is 3.00. The maximum absolute atomic E-state index is 12.5. The van der Waals surface area contributed by atoms with E-state index in [1.807, 2.05) is 16.9 Å². The number of carbonyl (C=O) groups excluding carboxylic acids is 2. The second-order valence-corrected chi connectivity index (χ2v) is 7.69. The molecule has 0 bridgehead atoms. The second-order valence-electron chi connectivity index (χ2n) is 7.69. The Hall–Kier alpha value is -2.06. The quantitative estimate of drug-likeness (QED) is 0.793. The third-order valence-electron chi connectivity index (χ3n) is 6.29. The van der Waals surface area contributed by atoms with Crippen molar-refractivity contribution in [3.63, 3.8) is 0 Å². The van der Waals surface area contributed by atoms with Gasteiger partial charge in [-0.3, -0.25) is 4.79 Å². The number of hydrogen-bond acceptors (Lipinski definition) is 4. The molecule has 0 radical (unpaired) electrons. The number of Topliss-reactive ketones (excluding diaryl/α,β-unsaturated/α-hetero) is 1. The van der Waals surface area contributed by atoms with Crippen molar-refractivity contribution < 1.29 is 14.3 Å². The molecule has 4 nitrogen and oxygen atoms in total. The monoisotopic (exact) mass is 339 g/mol. The summed E-state index contributed by atoms with van der Waals surface area (Å²) in [6, 6.07) is 8.50. The smallest absolute Gasteiger partial charge is 0.279 e. The van der Waals surface area contributed by atoms with E-state index in [0.29, 0.717) is 30.5 Å². The lowest BCUT2D eigenvalue weighted by Crippen LogP contribution is -2.41. The number of fused-ring (bicyclic) bond motifs is 2. The summed E-state index contributed by atoms with van der Waals surface area (Å²) in [5.41, 5.74) is 2.57. The summed E-state index contributed by atoms with van der Waals surface area (Å²) in [5.74, 6) is 3.31. The minimum atomic E-state index is -0.0862. The molecule has 0 aromatic heterocycles.